The zero-order valence-corrected chi connectivity index (χ0v) is 12.9. The smallest absolute Gasteiger partial charge is 0.325 e. The van der Waals surface area contributed by atoms with Crippen LogP contribution >= 0.6 is 0 Å². The molecule has 0 aromatic rings. The average molecular weight is 281 g/mol. The Morgan fingerprint density at radius 2 is 2.05 bits per heavy atom. The summed E-state index contributed by atoms with van der Waals surface area (Å²) in [7, 11) is 0. The number of nitrogens with zero attached hydrogens (tertiary/aromatic N) is 2. The molecule has 1 N–H and O–H groups in total. The maximum Gasteiger partial charge on any atom is 0.325 e. The molecule has 5 nitrogen and oxygen atoms in total. The summed E-state index contributed by atoms with van der Waals surface area (Å²) in [4.78, 5) is 28.0. The van der Waals surface area contributed by atoms with Crippen LogP contribution in [0.4, 0.5) is 4.79 Å². The minimum Gasteiger partial charge on any atom is -0.326 e. The molecule has 2 aliphatic rings. The number of piperidine rings is 1. The van der Waals surface area contributed by atoms with Crippen molar-refractivity contribution in [3.63, 3.8) is 0 Å². The largest absolute Gasteiger partial charge is 0.326 e. The van der Waals surface area contributed by atoms with Crippen LogP contribution in [-0.4, -0.2) is 47.0 Å². The minimum absolute atomic E-state index is 0.0517. The van der Waals surface area contributed by atoms with Crippen LogP contribution in [0.2, 0.25) is 0 Å². The zero-order chi connectivity index (χ0) is 14.7. The van der Waals surface area contributed by atoms with Crippen molar-refractivity contribution in [3.8, 4) is 0 Å². The standard InChI is InChI=1S/C15H27N3O2/c1-4-12-7-5-6-8-17(12)10-18-14(19)13(9-11(2)3)16-15(18)20/h11-13H,4-10H2,1-3H3,(H,16,20)/t12-,13+/m1/s1. The number of imide groups is 1. The summed E-state index contributed by atoms with van der Waals surface area (Å²) >= 11 is 0. The molecular formula is C15H27N3O2. The highest BCUT2D eigenvalue weighted by Gasteiger charge is 2.39. The molecule has 114 valence electrons. The Labute approximate surface area is 121 Å². The van der Waals surface area contributed by atoms with Crippen LogP contribution in [0.1, 0.15) is 52.9 Å². The van der Waals surface area contributed by atoms with Gasteiger partial charge in [0, 0.05) is 12.6 Å². The summed E-state index contributed by atoms with van der Waals surface area (Å²) in [6.45, 7) is 7.76. The van der Waals surface area contributed by atoms with E-state index < -0.39 is 0 Å². The highest BCUT2D eigenvalue weighted by atomic mass is 16.2. The fraction of sp³-hybridized carbons (Fsp3) is 0.867. The number of hydrogen-bond acceptors (Lipinski definition) is 3. The van der Waals surface area contributed by atoms with E-state index >= 15 is 0 Å². The molecule has 0 aromatic carbocycles. The first kappa shape index (κ1) is 15.3. The Bertz CT molecular complexity index is 370. The van der Waals surface area contributed by atoms with Crippen molar-refractivity contribution in [2.24, 2.45) is 5.92 Å². The molecule has 0 spiro atoms. The number of nitrogens with one attached hydrogen (secondary N) is 1. The van der Waals surface area contributed by atoms with Gasteiger partial charge in [0.25, 0.3) is 5.91 Å². The van der Waals surface area contributed by atoms with Gasteiger partial charge in [0.2, 0.25) is 0 Å². The molecule has 5 heteroatoms. The van der Waals surface area contributed by atoms with Crippen molar-refractivity contribution in [1.82, 2.24) is 15.1 Å². The van der Waals surface area contributed by atoms with E-state index in [-0.39, 0.29) is 18.0 Å². The first-order chi connectivity index (χ1) is 9.52. The van der Waals surface area contributed by atoms with Gasteiger partial charge in [0.1, 0.15) is 6.04 Å². The lowest BCUT2D eigenvalue weighted by molar-refractivity contribution is -0.129. The van der Waals surface area contributed by atoms with Crippen LogP contribution in [0.25, 0.3) is 0 Å². The van der Waals surface area contributed by atoms with Gasteiger partial charge >= 0.3 is 6.03 Å². The molecule has 2 heterocycles. The Balaban J connectivity index is 1.98. The number of hydrogen-bond donors (Lipinski definition) is 1. The fourth-order valence-corrected chi connectivity index (χ4v) is 3.23. The number of carbonyl (C=O) groups excluding carboxylic acids is 2. The molecule has 20 heavy (non-hydrogen) atoms. The average Bonchev–Trinajstić information content (AvgIpc) is 2.66. The number of likely N-dealkylation sites (tertiary alicyclic amines) is 1. The van der Waals surface area contributed by atoms with Crippen molar-refractivity contribution in [2.45, 2.75) is 65.0 Å². The third-order valence-electron chi connectivity index (χ3n) is 4.36. The maximum atomic E-state index is 12.3. The SMILES string of the molecule is CC[C@@H]1CCCCN1CN1C(=O)N[C@@H](CC(C)C)C1=O. The number of rotatable bonds is 5. The second kappa shape index (κ2) is 6.57. The van der Waals surface area contributed by atoms with Crippen LogP contribution < -0.4 is 5.32 Å². The van der Waals surface area contributed by atoms with Crippen molar-refractivity contribution in [3.05, 3.63) is 0 Å². The zero-order valence-electron chi connectivity index (χ0n) is 12.9. The summed E-state index contributed by atoms with van der Waals surface area (Å²) in [5, 5.41) is 2.82. The van der Waals surface area contributed by atoms with Gasteiger partial charge in [-0.05, 0) is 31.6 Å². The summed E-state index contributed by atoms with van der Waals surface area (Å²) in [5.41, 5.74) is 0. The molecule has 0 bridgehead atoms. The Kier molecular flexibility index (Phi) is 5.02. The molecule has 0 aliphatic carbocycles. The van der Waals surface area contributed by atoms with Crippen molar-refractivity contribution in [2.75, 3.05) is 13.2 Å². The summed E-state index contributed by atoms with van der Waals surface area (Å²) in [6, 6.07) is -0.0399. The van der Waals surface area contributed by atoms with Gasteiger partial charge in [-0.3, -0.25) is 9.69 Å². The van der Waals surface area contributed by atoms with Crippen LogP contribution in [0.3, 0.4) is 0 Å². The van der Waals surface area contributed by atoms with Crippen LogP contribution in [0.15, 0.2) is 0 Å². The molecule has 2 atom stereocenters. The van der Waals surface area contributed by atoms with Gasteiger partial charge < -0.3 is 5.32 Å². The van der Waals surface area contributed by atoms with E-state index in [1.807, 2.05) is 0 Å². The second-order valence-electron chi connectivity index (χ2n) is 6.41. The van der Waals surface area contributed by atoms with E-state index in [0.29, 0.717) is 18.6 Å². The lowest BCUT2D eigenvalue weighted by atomic mass is 10.0. The Morgan fingerprint density at radius 1 is 1.30 bits per heavy atom. The highest BCUT2D eigenvalue weighted by molar-refractivity contribution is 6.04. The monoisotopic (exact) mass is 281 g/mol. The van der Waals surface area contributed by atoms with Crippen LogP contribution in [-0.2, 0) is 4.79 Å². The molecule has 0 saturated carbocycles. The molecule has 2 fully saturated rings. The van der Waals surface area contributed by atoms with Gasteiger partial charge in [-0.25, -0.2) is 9.69 Å². The first-order valence-corrected chi connectivity index (χ1v) is 7.88. The van der Waals surface area contributed by atoms with Crippen molar-refractivity contribution < 1.29 is 9.59 Å². The van der Waals surface area contributed by atoms with Crippen LogP contribution in [0, 0.1) is 5.92 Å². The topological polar surface area (TPSA) is 52.6 Å². The summed E-state index contributed by atoms with van der Waals surface area (Å²) in [5.74, 6) is 0.353. The minimum atomic E-state index is -0.327. The Morgan fingerprint density at radius 3 is 2.70 bits per heavy atom. The van der Waals surface area contributed by atoms with E-state index in [4.69, 9.17) is 0 Å². The second-order valence-corrected chi connectivity index (χ2v) is 6.41. The van der Waals surface area contributed by atoms with Crippen molar-refractivity contribution in [1.29, 1.82) is 0 Å². The lowest BCUT2D eigenvalue weighted by Crippen LogP contribution is -2.48. The molecule has 3 amide bonds. The number of amides is 3. The van der Waals surface area contributed by atoms with Gasteiger partial charge in [-0.2, -0.15) is 0 Å². The number of urea groups is 1. The van der Waals surface area contributed by atoms with Crippen molar-refractivity contribution >= 4 is 11.9 Å². The normalized spacial score (nSPS) is 28.3. The molecular weight excluding hydrogens is 254 g/mol. The van der Waals surface area contributed by atoms with Gasteiger partial charge in [-0.15, -0.1) is 0 Å². The number of carbonyl (C=O) groups is 2. The third-order valence-corrected chi connectivity index (χ3v) is 4.36. The van der Waals surface area contributed by atoms with Gasteiger partial charge in [0.05, 0.1) is 6.67 Å². The maximum absolute atomic E-state index is 12.3. The molecule has 2 saturated heterocycles. The molecule has 2 rings (SSSR count). The summed E-state index contributed by atoms with van der Waals surface area (Å²) in [6.07, 6.45) is 5.40. The quantitative estimate of drug-likeness (QED) is 0.786. The molecule has 0 unspecified atom stereocenters. The van der Waals surface area contributed by atoms with E-state index in [1.54, 1.807) is 0 Å². The fourth-order valence-electron chi connectivity index (χ4n) is 3.23. The van der Waals surface area contributed by atoms with Gasteiger partial charge in [-0.1, -0.05) is 27.2 Å². The van der Waals surface area contributed by atoms with E-state index in [0.717, 1.165) is 25.8 Å². The Hall–Kier alpha value is -1.10. The molecule has 0 radical (unpaired) electrons. The molecule has 0 aromatic heterocycles. The first-order valence-electron chi connectivity index (χ1n) is 7.88. The molecule has 2 aliphatic heterocycles. The predicted octanol–water partition coefficient (Wildman–Crippen LogP) is 2.17. The van der Waals surface area contributed by atoms with Gasteiger partial charge in [0.15, 0.2) is 0 Å². The van der Waals surface area contributed by atoms with E-state index in [9.17, 15) is 9.59 Å². The summed E-state index contributed by atoms with van der Waals surface area (Å²) < 4.78 is 0. The van der Waals surface area contributed by atoms with E-state index in [2.05, 4.69) is 31.0 Å². The van der Waals surface area contributed by atoms with E-state index in [1.165, 1.54) is 17.7 Å². The third kappa shape index (κ3) is 3.32. The van der Waals surface area contributed by atoms with Crippen LogP contribution in [0.5, 0.6) is 0 Å². The lowest BCUT2D eigenvalue weighted by Gasteiger charge is -2.36. The highest BCUT2D eigenvalue weighted by Crippen LogP contribution is 2.21. The predicted molar refractivity (Wildman–Crippen MR) is 78.1 cm³/mol.